The van der Waals surface area contributed by atoms with Crippen LogP contribution in [0.1, 0.15) is 60.7 Å². The lowest BCUT2D eigenvalue weighted by atomic mass is 9.67. The second-order valence-corrected chi connectivity index (χ2v) is 10.4. The molecule has 0 spiro atoms. The van der Waals surface area contributed by atoms with Crippen molar-refractivity contribution in [1.82, 2.24) is 10.1 Å². The highest BCUT2D eigenvalue weighted by molar-refractivity contribution is 6.30. The zero-order chi connectivity index (χ0) is 25.2. The van der Waals surface area contributed by atoms with Gasteiger partial charge in [0, 0.05) is 35.0 Å². The molecule has 1 aliphatic rings. The molecule has 0 saturated carbocycles. The van der Waals surface area contributed by atoms with Crippen LogP contribution in [-0.4, -0.2) is 33.6 Å². The molecule has 6 nitrogen and oxygen atoms in total. The first-order chi connectivity index (χ1) is 16.7. The van der Waals surface area contributed by atoms with Gasteiger partial charge < -0.3 is 14.5 Å². The van der Waals surface area contributed by atoms with E-state index in [2.05, 4.69) is 5.16 Å². The van der Waals surface area contributed by atoms with Crippen LogP contribution in [0.4, 0.5) is 0 Å². The van der Waals surface area contributed by atoms with E-state index in [4.69, 9.17) is 27.7 Å². The van der Waals surface area contributed by atoms with Crippen LogP contribution in [-0.2, 0) is 16.0 Å². The van der Waals surface area contributed by atoms with Crippen molar-refractivity contribution in [3.63, 3.8) is 0 Å². The molecule has 8 heteroatoms. The van der Waals surface area contributed by atoms with E-state index >= 15 is 0 Å². The number of aliphatic carboxylic acids is 1. The number of carboxylic acid groups (broad SMARTS) is 1. The maximum atomic E-state index is 13.9. The summed E-state index contributed by atoms with van der Waals surface area (Å²) in [6, 6.07) is 16.7. The SMILES string of the molecule is Cc1cc(CCCN2C(=O)[C@@](C)(CC(=O)O)C[C@H](c3cccc(Cl)c3)[C@H]2c2ccc(Cl)cc2)on1. The third kappa shape index (κ3) is 5.71. The Kier molecular flexibility index (Phi) is 7.53. The molecule has 2 heterocycles. The summed E-state index contributed by atoms with van der Waals surface area (Å²) in [6.45, 7) is 4.06. The number of amides is 1. The number of benzene rings is 2. The summed E-state index contributed by atoms with van der Waals surface area (Å²) in [5, 5.41) is 14.8. The molecule has 0 unspecified atom stereocenters. The molecular formula is C27H28Cl2N2O4. The zero-order valence-corrected chi connectivity index (χ0v) is 21.2. The largest absolute Gasteiger partial charge is 0.481 e. The number of halogens is 2. The lowest BCUT2D eigenvalue weighted by Crippen LogP contribution is -2.52. The van der Waals surface area contributed by atoms with Crippen molar-refractivity contribution < 1.29 is 19.2 Å². The van der Waals surface area contributed by atoms with Gasteiger partial charge in [-0.15, -0.1) is 0 Å². The molecule has 4 rings (SSSR count). The predicted molar refractivity (Wildman–Crippen MR) is 135 cm³/mol. The monoisotopic (exact) mass is 514 g/mol. The molecule has 0 bridgehead atoms. The van der Waals surface area contributed by atoms with Crippen LogP contribution in [0, 0.1) is 12.3 Å². The van der Waals surface area contributed by atoms with Crippen molar-refractivity contribution >= 4 is 35.1 Å². The lowest BCUT2D eigenvalue weighted by molar-refractivity contribution is -0.157. The Hall–Kier alpha value is -2.83. The molecule has 1 aliphatic heterocycles. The molecule has 1 fully saturated rings. The average molecular weight is 515 g/mol. The minimum absolute atomic E-state index is 0.149. The standard InChI is InChI=1S/C27H28Cl2N2O4/c1-17-13-22(35-30-17)7-4-12-31-25(18-8-10-20(28)11-9-18)23(19-5-3-6-21(29)14-19)15-27(2,26(31)34)16-24(32)33/h3,5-6,8-11,13-14,23,25H,4,7,12,15-16H2,1-2H3,(H,32,33)/t23-,25-,27-/m1/s1. The third-order valence-electron chi connectivity index (χ3n) is 6.69. The first kappa shape index (κ1) is 25.3. The van der Waals surface area contributed by atoms with Gasteiger partial charge in [-0.3, -0.25) is 9.59 Å². The van der Waals surface area contributed by atoms with Crippen LogP contribution in [0.15, 0.2) is 59.1 Å². The van der Waals surface area contributed by atoms with Crippen LogP contribution in [0.25, 0.3) is 0 Å². The van der Waals surface area contributed by atoms with Crippen molar-refractivity contribution in [3.05, 3.63) is 87.2 Å². The number of hydrogen-bond donors (Lipinski definition) is 1. The highest BCUT2D eigenvalue weighted by atomic mass is 35.5. The van der Waals surface area contributed by atoms with Crippen LogP contribution in [0.2, 0.25) is 10.0 Å². The van der Waals surface area contributed by atoms with Gasteiger partial charge in [0.15, 0.2) is 0 Å². The van der Waals surface area contributed by atoms with Crippen LogP contribution in [0.5, 0.6) is 0 Å². The molecule has 3 aromatic rings. The molecule has 35 heavy (non-hydrogen) atoms. The van der Waals surface area contributed by atoms with E-state index in [1.807, 2.05) is 66.4 Å². The number of aromatic nitrogens is 1. The number of aryl methyl sites for hydroxylation is 2. The van der Waals surface area contributed by atoms with E-state index in [1.54, 1.807) is 6.92 Å². The summed E-state index contributed by atoms with van der Waals surface area (Å²) in [7, 11) is 0. The van der Waals surface area contributed by atoms with Gasteiger partial charge in [0.1, 0.15) is 5.76 Å². The Morgan fingerprint density at radius 3 is 2.51 bits per heavy atom. The van der Waals surface area contributed by atoms with Gasteiger partial charge >= 0.3 is 5.97 Å². The normalized spacial score (nSPS) is 22.4. The van der Waals surface area contributed by atoms with E-state index in [0.29, 0.717) is 35.9 Å². The highest BCUT2D eigenvalue weighted by Crippen LogP contribution is 2.51. The van der Waals surface area contributed by atoms with Crippen molar-refractivity contribution in [2.45, 2.75) is 51.5 Å². The molecule has 1 aromatic heterocycles. The number of carboxylic acids is 1. The maximum Gasteiger partial charge on any atom is 0.304 e. The minimum Gasteiger partial charge on any atom is -0.481 e. The fourth-order valence-corrected chi connectivity index (χ4v) is 5.49. The van der Waals surface area contributed by atoms with Crippen LogP contribution >= 0.6 is 23.2 Å². The summed E-state index contributed by atoms with van der Waals surface area (Å²) in [4.78, 5) is 27.5. The number of nitrogens with zero attached hydrogens (tertiary/aromatic N) is 2. The van der Waals surface area contributed by atoms with E-state index in [9.17, 15) is 14.7 Å². The molecule has 1 saturated heterocycles. The van der Waals surface area contributed by atoms with E-state index in [-0.39, 0.29) is 24.3 Å². The van der Waals surface area contributed by atoms with E-state index in [1.165, 1.54) is 0 Å². The smallest absolute Gasteiger partial charge is 0.304 e. The van der Waals surface area contributed by atoms with Crippen LogP contribution < -0.4 is 0 Å². The number of likely N-dealkylation sites (tertiary alicyclic amines) is 1. The Balaban J connectivity index is 1.75. The van der Waals surface area contributed by atoms with Gasteiger partial charge in [0.2, 0.25) is 5.91 Å². The fourth-order valence-electron chi connectivity index (χ4n) is 5.16. The number of carbonyl (C=O) groups is 2. The van der Waals surface area contributed by atoms with E-state index in [0.717, 1.165) is 22.6 Å². The van der Waals surface area contributed by atoms with Gasteiger partial charge in [-0.2, -0.15) is 0 Å². The summed E-state index contributed by atoms with van der Waals surface area (Å²) in [5.74, 6) is -0.543. The predicted octanol–water partition coefficient (Wildman–Crippen LogP) is 6.46. The fraction of sp³-hybridized carbons (Fsp3) is 0.370. The second kappa shape index (κ2) is 10.4. The molecule has 0 aliphatic carbocycles. The van der Waals surface area contributed by atoms with Gasteiger partial charge in [-0.05, 0) is 55.2 Å². The average Bonchev–Trinajstić information content (AvgIpc) is 3.22. The summed E-state index contributed by atoms with van der Waals surface area (Å²) in [6.07, 6.45) is 1.42. The van der Waals surface area contributed by atoms with E-state index < -0.39 is 11.4 Å². The Labute approximate surface area is 214 Å². The quantitative estimate of drug-likeness (QED) is 0.372. The van der Waals surface area contributed by atoms with Crippen molar-refractivity contribution in [1.29, 1.82) is 0 Å². The zero-order valence-electron chi connectivity index (χ0n) is 19.7. The molecule has 2 aromatic carbocycles. The highest BCUT2D eigenvalue weighted by Gasteiger charge is 2.50. The van der Waals surface area contributed by atoms with Crippen molar-refractivity contribution in [3.8, 4) is 0 Å². The number of carbonyl (C=O) groups excluding carboxylic acids is 1. The van der Waals surface area contributed by atoms with Gasteiger partial charge in [0.05, 0.1) is 23.6 Å². The minimum atomic E-state index is -1.05. The Bertz CT molecular complexity index is 1210. The Morgan fingerprint density at radius 2 is 1.89 bits per heavy atom. The molecular weight excluding hydrogens is 487 g/mol. The topological polar surface area (TPSA) is 83.6 Å². The summed E-state index contributed by atoms with van der Waals surface area (Å²) < 4.78 is 5.34. The molecule has 0 radical (unpaired) electrons. The number of piperidine rings is 1. The molecule has 184 valence electrons. The van der Waals surface area contributed by atoms with Gasteiger partial charge in [-0.1, -0.05) is 59.5 Å². The number of rotatable bonds is 8. The maximum absolute atomic E-state index is 13.9. The lowest BCUT2D eigenvalue weighted by Gasteiger charge is -2.49. The molecule has 3 atom stereocenters. The van der Waals surface area contributed by atoms with Crippen molar-refractivity contribution in [2.24, 2.45) is 5.41 Å². The summed E-state index contributed by atoms with van der Waals surface area (Å²) in [5.41, 5.74) is 1.67. The first-order valence-corrected chi connectivity index (χ1v) is 12.4. The number of hydrogen-bond acceptors (Lipinski definition) is 4. The second-order valence-electron chi connectivity index (χ2n) is 9.53. The van der Waals surface area contributed by atoms with Gasteiger partial charge in [0.25, 0.3) is 0 Å². The Morgan fingerprint density at radius 1 is 1.14 bits per heavy atom. The van der Waals surface area contributed by atoms with Crippen LogP contribution in [0.3, 0.4) is 0 Å². The molecule has 1 N–H and O–H groups in total. The first-order valence-electron chi connectivity index (χ1n) is 11.6. The summed E-state index contributed by atoms with van der Waals surface area (Å²) >= 11 is 12.5. The molecule has 1 amide bonds. The van der Waals surface area contributed by atoms with Crippen molar-refractivity contribution in [2.75, 3.05) is 6.54 Å². The van der Waals surface area contributed by atoms with Gasteiger partial charge in [-0.25, -0.2) is 0 Å². The third-order valence-corrected chi connectivity index (χ3v) is 7.18.